The van der Waals surface area contributed by atoms with Crippen LogP contribution in [0.2, 0.25) is 20.1 Å². The van der Waals surface area contributed by atoms with E-state index in [1.165, 1.54) is 6.08 Å². The summed E-state index contributed by atoms with van der Waals surface area (Å²) in [5, 5.41) is 13.2. The molecule has 1 heterocycles. The summed E-state index contributed by atoms with van der Waals surface area (Å²) in [5.41, 5.74) is 0.302. The minimum atomic E-state index is -1.27. The largest absolute Gasteiger partial charge is 0.385 e. The van der Waals surface area contributed by atoms with Crippen molar-refractivity contribution in [3.8, 4) is 0 Å². The summed E-state index contributed by atoms with van der Waals surface area (Å²) in [6, 6.07) is 10.4. The van der Waals surface area contributed by atoms with E-state index in [0.29, 0.717) is 39.6 Å². The molecule has 0 aromatic heterocycles. The van der Waals surface area contributed by atoms with Crippen molar-refractivity contribution in [2.45, 2.75) is 18.9 Å². The van der Waals surface area contributed by atoms with Gasteiger partial charge in [-0.3, -0.25) is 4.79 Å². The summed E-state index contributed by atoms with van der Waals surface area (Å²) in [6.07, 6.45) is 7.14. The second-order valence-corrected chi connectivity index (χ2v) is 9.23. The third kappa shape index (κ3) is 6.74. The van der Waals surface area contributed by atoms with E-state index in [2.05, 4.69) is 4.90 Å². The van der Waals surface area contributed by atoms with Gasteiger partial charge in [0, 0.05) is 13.1 Å². The molecule has 1 saturated heterocycles. The minimum absolute atomic E-state index is 0. The molecule has 0 bridgehead atoms. The molecule has 2 aromatic carbocycles. The molecule has 8 heteroatoms. The molecule has 172 valence electrons. The van der Waals surface area contributed by atoms with Crippen LogP contribution in [0, 0.1) is 5.92 Å². The number of hydrogen-bond acceptors (Lipinski definition) is 3. The van der Waals surface area contributed by atoms with Crippen molar-refractivity contribution in [1.29, 1.82) is 0 Å². The number of aliphatic hydroxyl groups is 1. The summed E-state index contributed by atoms with van der Waals surface area (Å²) in [6.45, 7) is 4.04. The van der Waals surface area contributed by atoms with E-state index >= 15 is 0 Å². The van der Waals surface area contributed by atoms with E-state index < -0.39 is 11.5 Å². The quantitative estimate of drug-likeness (QED) is 0.402. The topological polar surface area (TPSA) is 40.5 Å². The number of likely N-dealkylation sites (tertiary alicyclic amines) is 1. The highest BCUT2D eigenvalue weighted by Crippen LogP contribution is 2.32. The Morgan fingerprint density at radius 2 is 1.59 bits per heavy atom. The Kier molecular flexibility index (Phi) is 10.1. The van der Waals surface area contributed by atoms with Gasteiger partial charge in [0.2, 0.25) is 0 Å². The second-order valence-electron chi connectivity index (χ2n) is 7.60. The number of nitrogens with zero attached hydrogens (tertiary/aromatic N) is 1. The Balaban J connectivity index is 0.00000363. The number of piperidine rings is 1. The molecule has 3 nitrogen and oxygen atoms in total. The van der Waals surface area contributed by atoms with Crippen molar-refractivity contribution < 1.29 is 9.90 Å². The number of allylic oxidation sites excluding steroid dienone is 1. The van der Waals surface area contributed by atoms with Crippen molar-refractivity contribution in [2.24, 2.45) is 5.92 Å². The molecule has 0 saturated carbocycles. The van der Waals surface area contributed by atoms with Gasteiger partial charge in [-0.1, -0.05) is 83.7 Å². The monoisotopic (exact) mass is 533 g/mol. The van der Waals surface area contributed by atoms with Crippen molar-refractivity contribution in [3.63, 3.8) is 0 Å². The predicted octanol–water partition coefficient (Wildman–Crippen LogP) is 7.09. The number of ketones is 1. The Morgan fingerprint density at radius 1 is 1.03 bits per heavy atom. The van der Waals surface area contributed by atoms with Crippen LogP contribution in [0.15, 0.2) is 48.6 Å². The van der Waals surface area contributed by atoms with Crippen LogP contribution in [0.4, 0.5) is 0 Å². The van der Waals surface area contributed by atoms with E-state index in [-0.39, 0.29) is 18.2 Å². The fraction of sp³-hybridized carbons (Fsp3) is 0.292. The Morgan fingerprint density at radius 3 is 2.12 bits per heavy atom. The van der Waals surface area contributed by atoms with Crippen molar-refractivity contribution in [3.05, 3.63) is 79.8 Å². The Labute approximate surface area is 215 Å². The Hall–Kier alpha value is -1.04. The zero-order valence-electron chi connectivity index (χ0n) is 17.4. The number of rotatable bonds is 6. The first-order valence-electron chi connectivity index (χ1n) is 9.98. The summed E-state index contributed by atoms with van der Waals surface area (Å²) in [5.74, 6) is -0.746. The minimum Gasteiger partial charge on any atom is -0.385 e. The van der Waals surface area contributed by atoms with Crippen molar-refractivity contribution in [2.75, 3.05) is 19.6 Å². The predicted molar refractivity (Wildman–Crippen MR) is 138 cm³/mol. The lowest BCUT2D eigenvalue weighted by atomic mass is 9.77. The molecule has 0 amide bonds. The summed E-state index contributed by atoms with van der Waals surface area (Å²) in [7, 11) is 0. The zero-order chi connectivity index (χ0) is 22.6. The molecule has 1 aliphatic rings. The second kappa shape index (κ2) is 11.9. The highest BCUT2D eigenvalue weighted by molar-refractivity contribution is 6.42. The highest BCUT2D eigenvalue weighted by Gasteiger charge is 2.42. The molecular formula is C24H24Cl5NO2. The van der Waals surface area contributed by atoms with Gasteiger partial charge in [0.1, 0.15) is 0 Å². The van der Waals surface area contributed by atoms with Crippen LogP contribution in [0.1, 0.15) is 24.5 Å². The van der Waals surface area contributed by atoms with Gasteiger partial charge in [-0.15, -0.1) is 12.4 Å². The van der Waals surface area contributed by atoms with E-state index in [9.17, 15) is 9.90 Å². The number of hydrogen-bond donors (Lipinski definition) is 1. The molecule has 1 N–H and O–H groups in total. The molecule has 32 heavy (non-hydrogen) atoms. The highest BCUT2D eigenvalue weighted by atomic mass is 35.5. The van der Waals surface area contributed by atoms with Gasteiger partial charge in [-0.05, 0) is 54.4 Å². The first kappa shape index (κ1) is 27.2. The van der Waals surface area contributed by atoms with Gasteiger partial charge in [0.15, 0.2) is 5.78 Å². The molecular weight excluding hydrogens is 512 g/mol. The SMILES string of the molecule is CCN1CC[C@@](O)(/C=C/c2ccc(Cl)c(Cl)c2)[C@H](C(=O)/C=C/c2ccc(Cl)c(Cl)c2)C1.Cl. The van der Waals surface area contributed by atoms with Gasteiger partial charge in [0.25, 0.3) is 0 Å². The zero-order valence-corrected chi connectivity index (χ0v) is 21.2. The normalized spacial score (nSPS) is 21.8. The van der Waals surface area contributed by atoms with Crippen molar-refractivity contribution in [1.82, 2.24) is 4.90 Å². The van der Waals surface area contributed by atoms with Crippen LogP contribution >= 0.6 is 58.8 Å². The number of carbonyl (C=O) groups is 1. The Bertz CT molecular complexity index is 1020. The standard InChI is InChI=1S/C24H23Cl4NO2.ClH/c1-2-29-12-11-24(31,10-9-17-4-7-20(26)22(28)14-17)18(15-29)23(30)8-5-16-3-6-19(25)21(27)13-16;/h3-10,13-14,18,31H,2,11-12,15H2,1H3;1H/b8-5+,10-9+;/t18-,24-;/m0./s1. The fourth-order valence-corrected chi connectivity index (χ4v) is 4.22. The third-order valence-corrected chi connectivity index (χ3v) is 7.03. The van der Waals surface area contributed by atoms with Crippen LogP contribution in [0.3, 0.4) is 0 Å². The van der Waals surface area contributed by atoms with Crippen LogP contribution < -0.4 is 0 Å². The van der Waals surface area contributed by atoms with Gasteiger partial charge < -0.3 is 10.0 Å². The molecule has 3 rings (SSSR count). The first-order valence-corrected chi connectivity index (χ1v) is 11.5. The molecule has 2 aromatic rings. The van der Waals surface area contributed by atoms with E-state index in [0.717, 1.165) is 17.7 Å². The average Bonchev–Trinajstić information content (AvgIpc) is 2.75. The molecule has 1 aliphatic heterocycles. The number of benzene rings is 2. The summed E-state index contributed by atoms with van der Waals surface area (Å²) < 4.78 is 0. The molecule has 0 unspecified atom stereocenters. The van der Waals surface area contributed by atoms with Gasteiger partial charge in [0.05, 0.1) is 31.6 Å². The van der Waals surface area contributed by atoms with Crippen LogP contribution in [0.5, 0.6) is 0 Å². The molecule has 0 aliphatic carbocycles. The van der Waals surface area contributed by atoms with Crippen LogP contribution in [-0.4, -0.2) is 41.0 Å². The van der Waals surface area contributed by atoms with E-state index in [1.807, 2.05) is 13.0 Å². The maximum atomic E-state index is 13.1. The van der Waals surface area contributed by atoms with Gasteiger partial charge >= 0.3 is 0 Å². The summed E-state index contributed by atoms with van der Waals surface area (Å²) >= 11 is 24.1. The lowest BCUT2D eigenvalue weighted by Crippen LogP contribution is -2.53. The molecule has 1 fully saturated rings. The lowest BCUT2D eigenvalue weighted by Gasteiger charge is -2.41. The summed E-state index contributed by atoms with van der Waals surface area (Å²) in [4.78, 5) is 15.3. The fourth-order valence-electron chi connectivity index (χ4n) is 3.61. The molecule has 2 atom stereocenters. The maximum absolute atomic E-state index is 13.1. The van der Waals surface area contributed by atoms with Crippen LogP contribution in [-0.2, 0) is 4.79 Å². The van der Waals surface area contributed by atoms with Gasteiger partial charge in [-0.25, -0.2) is 0 Å². The molecule has 0 radical (unpaired) electrons. The van der Waals surface area contributed by atoms with E-state index in [4.69, 9.17) is 46.4 Å². The maximum Gasteiger partial charge on any atom is 0.163 e. The van der Waals surface area contributed by atoms with Crippen molar-refractivity contribution >= 4 is 76.7 Å². The average molecular weight is 536 g/mol. The smallest absolute Gasteiger partial charge is 0.163 e. The van der Waals surface area contributed by atoms with Gasteiger partial charge in [-0.2, -0.15) is 0 Å². The van der Waals surface area contributed by atoms with E-state index in [1.54, 1.807) is 48.6 Å². The molecule has 0 spiro atoms. The lowest BCUT2D eigenvalue weighted by molar-refractivity contribution is -0.129. The van der Waals surface area contributed by atoms with Crippen LogP contribution in [0.25, 0.3) is 12.2 Å². The number of halogens is 5. The number of carbonyl (C=O) groups excluding carboxylic acids is 1. The third-order valence-electron chi connectivity index (χ3n) is 5.56. The first-order chi connectivity index (χ1) is 14.7.